The minimum absolute atomic E-state index is 0.0161. The van der Waals surface area contributed by atoms with Gasteiger partial charge in [-0.15, -0.1) is 23.2 Å². The van der Waals surface area contributed by atoms with E-state index in [-0.39, 0.29) is 41.5 Å². The monoisotopic (exact) mass is 700 g/mol. The molecule has 1 aromatic carbocycles. The summed E-state index contributed by atoms with van der Waals surface area (Å²) in [5.41, 5.74) is -0.740. The van der Waals surface area contributed by atoms with Crippen LogP contribution < -0.4 is 9.75 Å². The number of amides is 4. The number of aromatic hydroxyl groups is 1. The van der Waals surface area contributed by atoms with Crippen LogP contribution in [0.1, 0.15) is 36.9 Å². The fourth-order valence-corrected chi connectivity index (χ4v) is 8.56. The second-order valence-electron chi connectivity index (χ2n) is 11.6. The normalized spacial score (nSPS) is 30.7. The number of hydrazine groups is 1. The van der Waals surface area contributed by atoms with E-state index in [2.05, 4.69) is 4.98 Å². The fraction of sp³-hybridized carbons (Fsp3) is 0.433. The maximum absolute atomic E-state index is 14.2. The average molecular weight is 702 g/mol. The number of carbonyl (C=O) groups is 4. The van der Waals surface area contributed by atoms with Crippen molar-refractivity contribution in [2.24, 2.45) is 17.8 Å². The number of pyridine rings is 1. The molecule has 2 aromatic rings. The van der Waals surface area contributed by atoms with Gasteiger partial charge in [0, 0.05) is 25.6 Å². The van der Waals surface area contributed by atoms with E-state index in [9.17, 15) is 37.5 Å². The van der Waals surface area contributed by atoms with Gasteiger partial charge in [-0.1, -0.05) is 35.4 Å². The van der Waals surface area contributed by atoms with Crippen molar-refractivity contribution in [2.75, 3.05) is 25.7 Å². The van der Waals surface area contributed by atoms with Crippen LogP contribution in [0.2, 0.25) is 5.02 Å². The van der Waals surface area contributed by atoms with Crippen molar-refractivity contribution >= 4 is 64.2 Å². The molecule has 0 bridgehead atoms. The molecule has 2 aliphatic carbocycles. The Balaban J connectivity index is 1.47. The van der Waals surface area contributed by atoms with Crippen molar-refractivity contribution in [3.63, 3.8) is 0 Å². The summed E-state index contributed by atoms with van der Waals surface area (Å²) in [4.78, 5) is 55.5. The molecular formula is C30H26Cl3F3N4O6. The van der Waals surface area contributed by atoms with Gasteiger partial charge in [0.05, 0.1) is 23.5 Å². The van der Waals surface area contributed by atoms with E-state index >= 15 is 0 Å². The highest BCUT2D eigenvalue weighted by Gasteiger charge is 2.76. The number of fused-ring (bicyclic) bond motifs is 4. The summed E-state index contributed by atoms with van der Waals surface area (Å²) in [5.74, 6) is -8.17. The number of rotatable bonds is 5. The minimum atomic E-state index is -4.82. The highest BCUT2D eigenvalue weighted by Crippen LogP contribution is 2.66. The largest absolute Gasteiger partial charge is 0.504 e. The van der Waals surface area contributed by atoms with Crippen LogP contribution >= 0.6 is 34.8 Å². The molecule has 6 rings (SSSR count). The zero-order chi connectivity index (χ0) is 33.7. The van der Waals surface area contributed by atoms with E-state index < -0.39 is 74.7 Å². The van der Waals surface area contributed by atoms with E-state index in [1.165, 1.54) is 26.2 Å². The summed E-state index contributed by atoms with van der Waals surface area (Å²) in [6.07, 6.45) is -3.50. The number of anilines is 1. The summed E-state index contributed by atoms with van der Waals surface area (Å²) in [5, 5.41) is 12.7. The molecule has 0 radical (unpaired) electrons. The first kappa shape index (κ1) is 32.4. The van der Waals surface area contributed by atoms with Crippen LogP contribution in [0.25, 0.3) is 0 Å². The minimum Gasteiger partial charge on any atom is -0.504 e. The number of imide groups is 2. The zero-order valence-corrected chi connectivity index (χ0v) is 26.7. The number of alkyl halides is 5. The van der Waals surface area contributed by atoms with Crippen molar-refractivity contribution in [2.45, 2.75) is 41.6 Å². The van der Waals surface area contributed by atoms with Crippen LogP contribution in [-0.2, 0) is 25.4 Å². The Hall–Kier alpha value is -3.55. The maximum Gasteiger partial charge on any atom is 0.433 e. The van der Waals surface area contributed by atoms with E-state index in [1.54, 1.807) is 19.1 Å². The molecule has 0 unspecified atom stereocenters. The summed E-state index contributed by atoms with van der Waals surface area (Å²) in [6, 6.07) is 6.24. The standard InChI is InChI=1S/C30H26Cl3F3N4O6/c1-4-46-18-7-5-6-15(22(18)41)21-13-8-9-14-20(16(13)12-28(32)26(44)38(2)27(45)29(21,28)33)25(43)40(24(14)42)39(3)23-17(31)10-11-19(37-23)30(34,35)36/h5-8,10-11,14,16,20-21,41H,4,9,12H2,1-3H3/t14-,16+,20-,21+,28+,29-/m0/s1. The average Bonchev–Trinajstić information content (AvgIpc) is 3.32. The number of likely N-dealkylation sites (tertiary alicyclic amines) is 1. The molecule has 2 saturated heterocycles. The quantitative estimate of drug-likeness (QED) is 0.266. The van der Waals surface area contributed by atoms with Gasteiger partial charge < -0.3 is 9.84 Å². The molecule has 1 N–H and O–H groups in total. The van der Waals surface area contributed by atoms with Gasteiger partial charge in [-0.05, 0) is 43.9 Å². The topological polar surface area (TPSA) is 120 Å². The number of phenolic OH excluding ortho intramolecular Hbond substituents is 1. The number of allylic oxidation sites excluding steroid dienone is 2. The highest BCUT2D eigenvalue weighted by molar-refractivity contribution is 6.53. The number of hydrogen-bond donors (Lipinski definition) is 1. The molecule has 3 fully saturated rings. The third kappa shape index (κ3) is 4.27. The Kier molecular flexibility index (Phi) is 7.57. The van der Waals surface area contributed by atoms with E-state index in [4.69, 9.17) is 39.5 Å². The first-order valence-corrected chi connectivity index (χ1v) is 15.3. The second kappa shape index (κ2) is 10.7. The molecule has 10 nitrogen and oxygen atoms in total. The Morgan fingerprint density at radius 2 is 1.78 bits per heavy atom. The Labute approximate surface area is 275 Å². The summed E-state index contributed by atoms with van der Waals surface area (Å²) >= 11 is 20.5. The highest BCUT2D eigenvalue weighted by atomic mass is 35.5. The van der Waals surface area contributed by atoms with Crippen molar-refractivity contribution in [1.29, 1.82) is 0 Å². The molecule has 3 heterocycles. The lowest BCUT2D eigenvalue weighted by atomic mass is 9.56. The van der Waals surface area contributed by atoms with Crippen LogP contribution in [0.4, 0.5) is 19.0 Å². The van der Waals surface area contributed by atoms with Crippen molar-refractivity contribution < 1.29 is 42.2 Å². The van der Waals surface area contributed by atoms with Gasteiger partial charge in [0.15, 0.2) is 27.1 Å². The molecular weight excluding hydrogens is 676 g/mol. The van der Waals surface area contributed by atoms with Gasteiger partial charge in [0.1, 0.15) is 5.69 Å². The molecule has 0 spiro atoms. The lowest BCUT2D eigenvalue weighted by Crippen LogP contribution is -2.60. The maximum atomic E-state index is 14.2. The lowest BCUT2D eigenvalue weighted by molar-refractivity contribution is -0.141. The van der Waals surface area contributed by atoms with Gasteiger partial charge in [-0.3, -0.25) is 29.1 Å². The molecule has 46 heavy (non-hydrogen) atoms. The Bertz CT molecular complexity index is 1740. The zero-order valence-electron chi connectivity index (χ0n) is 24.4. The number of aromatic nitrogens is 1. The summed E-state index contributed by atoms with van der Waals surface area (Å²) in [7, 11) is 2.43. The second-order valence-corrected chi connectivity index (χ2v) is 13.3. The first-order valence-electron chi connectivity index (χ1n) is 14.2. The van der Waals surface area contributed by atoms with Gasteiger partial charge in [0.25, 0.3) is 23.6 Å². The predicted octanol–water partition coefficient (Wildman–Crippen LogP) is 4.90. The molecule has 1 aromatic heterocycles. The van der Waals surface area contributed by atoms with Gasteiger partial charge in [-0.25, -0.2) is 4.98 Å². The SMILES string of the molecule is CCOc1cccc([C@H]2C3=CC[C@@H]4C(=O)N(N(C)c5nc(C(F)(F)F)ccc5Cl)C(=O)[C@@H]4[C@@H]3C[C@@]3(Cl)C(=O)N(C)C(=O)[C@@]23Cl)c1O. The van der Waals surface area contributed by atoms with E-state index in [0.29, 0.717) is 16.6 Å². The Morgan fingerprint density at radius 1 is 1.09 bits per heavy atom. The van der Waals surface area contributed by atoms with Gasteiger partial charge >= 0.3 is 6.18 Å². The number of hydrogen-bond acceptors (Lipinski definition) is 8. The predicted molar refractivity (Wildman–Crippen MR) is 159 cm³/mol. The number of ether oxygens (including phenoxy) is 1. The van der Waals surface area contributed by atoms with Crippen LogP contribution in [0.15, 0.2) is 42.0 Å². The van der Waals surface area contributed by atoms with Crippen LogP contribution in [0.3, 0.4) is 0 Å². The summed E-state index contributed by atoms with van der Waals surface area (Å²) < 4.78 is 46.0. The number of para-hydroxylation sites is 1. The van der Waals surface area contributed by atoms with E-state index in [1.807, 2.05) is 0 Å². The van der Waals surface area contributed by atoms with Gasteiger partial charge in [-0.2, -0.15) is 18.2 Å². The summed E-state index contributed by atoms with van der Waals surface area (Å²) in [6.45, 7) is 1.91. The number of carbonyl (C=O) groups excluding carboxylic acids is 4. The van der Waals surface area contributed by atoms with Crippen molar-refractivity contribution in [3.8, 4) is 11.5 Å². The molecule has 244 valence electrons. The Morgan fingerprint density at radius 3 is 2.43 bits per heavy atom. The van der Waals surface area contributed by atoms with Crippen molar-refractivity contribution in [1.82, 2.24) is 14.9 Å². The lowest BCUT2D eigenvalue weighted by Gasteiger charge is -2.50. The number of nitrogens with zero attached hydrogens (tertiary/aromatic N) is 4. The van der Waals surface area contributed by atoms with E-state index in [0.717, 1.165) is 16.0 Å². The van der Waals surface area contributed by atoms with Crippen LogP contribution in [-0.4, -0.2) is 74.1 Å². The molecule has 1 saturated carbocycles. The van der Waals surface area contributed by atoms with Crippen LogP contribution in [0, 0.1) is 17.8 Å². The molecule has 4 amide bonds. The molecule has 16 heteroatoms. The number of phenols is 1. The molecule has 2 aliphatic heterocycles. The number of halogens is 6. The van der Waals surface area contributed by atoms with Gasteiger partial charge in [0.2, 0.25) is 0 Å². The van der Waals surface area contributed by atoms with Crippen LogP contribution in [0.5, 0.6) is 11.5 Å². The smallest absolute Gasteiger partial charge is 0.433 e. The molecule has 6 atom stereocenters. The third-order valence-electron chi connectivity index (χ3n) is 9.36. The first-order chi connectivity index (χ1) is 21.5. The fourth-order valence-electron chi connectivity index (χ4n) is 7.32. The third-order valence-corrected chi connectivity index (χ3v) is 11.1. The number of benzene rings is 1. The van der Waals surface area contributed by atoms with Crippen molar-refractivity contribution in [3.05, 3.63) is 58.3 Å². The molecule has 4 aliphatic rings.